The highest BCUT2D eigenvalue weighted by Gasteiger charge is 2.21. The summed E-state index contributed by atoms with van der Waals surface area (Å²) in [5.41, 5.74) is 5.70. The van der Waals surface area contributed by atoms with Crippen LogP contribution in [0.2, 0.25) is 0 Å². The van der Waals surface area contributed by atoms with Crippen LogP contribution in [0.5, 0.6) is 6.01 Å². The molecule has 0 aromatic carbocycles. The lowest BCUT2D eigenvalue weighted by Crippen LogP contribution is -2.35. The Labute approximate surface area is 114 Å². The van der Waals surface area contributed by atoms with Gasteiger partial charge < -0.3 is 15.4 Å². The topological polar surface area (TPSA) is 77.2 Å². The lowest BCUT2D eigenvalue weighted by Gasteiger charge is -2.31. The lowest BCUT2D eigenvalue weighted by atomic mass is 9.93. The largest absolute Gasteiger partial charge is 0.464 e. The zero-order valence-corrected chi connectivity index (χ0v) is 11.8. The average Bonchev–Trinajstić information content (AvgIpc) is 2.40. The number of nitrogen functional groups attached to an aromatic ring is 1. The molecular weight excluding hydrogens is 242 g/mol. The summed E-state index contributed by atoms with van der Waals surface area (Å²) < 4.78 is 5.31. The number of hydrogen-bond donors (Lipinski definition) is 1. The maximum absolute atomic E-state index is 5.70. The normalized spacial score (nSPS) is 16.6. The van der Waals surface area contributed by atoms with Crippen LogP contribution >= 0.6 is 0 Å². The van der Waals surface area contributed by atoms with E-state index < -0.39 is 0 Å². The van der Waals surface area contributed by atoms with E-state index in [0.717, 1.165) is 19.0 Å². The minimum Gasteiger partial charge on any atom is -0.464 e. The molecule has 0 atom stereocenters. The predicted octanol–water partition coefficient (Wildman–Crippen LogP) is 1.87. The van der Waals surface area contributed by atoms with Gasteiger partial charge in [0.15, 0.2) is 0 Å². The third kappa shape index (κ3) is 3.68. The quantitative estimate of drug-likeness (QED) is 0.875. The molecule has 0 unspecified atom stereocenters. The van der Waals surface area contributed by atoms with Crippen molar-refractivity contribution in [3.63, 3.8) is 0 Å². The molecule has 2 heterocycles. The molecule has 106 valence electrons. The van der Waals surface area contributed by atoms with Gasteiger partial charge in [0.05, 0.1) is 6.61 Å². The number of hydrogen-bond acceptors (Lipinski definition) is 6. The van der Waals surface area contributed by atoms with Gasteiger partial charge in [-0.05, 0) is 25.7 Å². The minimum atomic E-state index is 0.226. The molecule has 1 aliphatic rings. The fourth-order valence-corrected chi connectivity index (χ4v) is 2.53. The van der Waals surface area contributed by atoms with E-state index in [1.807, 2.05) is 6.92 Å². The van der Waals surface area contributed by atoms with E-state index in [9.17, 15) is 0 Å². The molecule has 0 saturated carbocycles. The Bertz CT molecular complexity index is 404. The van der Waals surface area contributed by atoms with Gasteiger partial charge in [-0.2, -0.15) is 15.0 Å². The van der Waals surface area contributed by atoms with Crippen molar-refractivity contribution in [1.82, 2.24) is 15.0 Å². The van der Waals surface area contributed by atoms with Crippen LogP contribution in [0.3, 0.4) is 0 Å². The SMILES string of the molecule is CCCC1CCN(c2nc(N)nc(OCC)n2)CC1. The van der Waals surface area contributed by atoms with E-state index in [-0.39, 0.29) is 5.95 Å². The molecule has 2 N–H and O–H groups in total. The molecule has 0 bridgehead atoms. The monoisotopic (exact) mass is 265 g/mol. The van der Waals surface area contributed by atoms with Crippen LogP contribution in [0.15, 0.2) is 0 Å². The van der Waals surface area contributed by atoms with Crippen molar-refractivity contribution in [3.8, 4) is 6.01 Å². The van der Waals surface area contributed by atoms with E-state index in [4.69, 9.17) is 10.5 Å². The van der Waals surface area contributed by atoms with E-state index in [0.29, 0.717) is 18.6 Å². The summed E-state index contributed by atoms with van der Waals surface area (Å²) >= 11 is 0. The highest BCUT2D eigenvalue weighted by atomic mass is 16.5. The fourth-order valence-electron chi connectivity index (χ4n) is 2.53. The number of piperidine rings is 1. The standard InChI is InChI=1S/C13H23N5O/c1-3-5-10-6-8-18(9-7-10)12-15-11(14)16-13(17-12)19-4-2/h10H,3-9H2,1-2H3,(H2,14,15,16,17). The summed E-state index contributed by atoms with van der Waals surface area (Å²) in [5.74, 6) is 1.71. The van der Waals surface area contributed by atoms with Gasteiger partial charge >= 0.3 is 6.01 Å². The molecule has 2 rings (SSSR count). The Hall–Kier alpha value is -1.59. The molecule has 19 heavy (non-hydrogen) atoms. The van der Waals surface area contributed by atoms with Crippen LogP contribution in [0.1, 0.15) is 39.5 Å². The Balaban J connectivity index is 2.02. The van der Waals surface area contributed by atoms with Gasteiger partial charge in [-0.3, -0.25) is 0 Å². The number of aromatic nitrogens is 3. The van der Waals surface area contributed by atoms with Crippen LogP contribution in [-0.2, 0) is 0 Å². The first-order valence-corrected chi connectivity index (χ1v) is 7.12. The summed E-state index contributed by atoms with van der Waals surface area (Å²) in [4.78, 5) is 14.7. The molecule has 1 aromatic heterocycles. The van der Waals surface area contributed by atoms with Crippen molar-refractivity contribution >= 4 is 11.9 Å². The van der Waals surface area contributed by atoms with Gasteiger partial charge in [0.2, 0.25) is 11.9 Å². The first kappa shape index (κ1) is 13.8. The maximum Gasteiger partial charge on any atom is 0.323 e. The molecule has 1 fully saturated rings. The van der Waals surface area contributed by atoms with Crippen molar-refractivity contribution in [3.05, 3.63) is 0 Å². The zero-order chi connectivity index (χ0) is 13.7. The highest BCUT2D eigenvalue weighted by molar-refractivity contribution is 5.36. The predicted molar refractivity (Wildman–Crippen MR) is 75.3 cm³/mol. The second-order valence-corrected chi connectivity index (χ2v) is 4.93. The van der Waals surface area contributed by atoms with Gasteiger partial charge in [-0.15, -0.1) is 0 Å². The van der Waals surface area contributed by atoms with Crippen LogP contribution < -0.4 is 15.4 Å². The van der Waals surface area contributed by atoms with Crippen molar-refractivity contribution in [2.24, 2.45) is 5.92 Å². The van der Waals surface area contributed by atoms with Gasteiger partial charge in [0.1, 0.15) is 0 Å². The minimum absolute atomic E-state index is 0.226. The van der Waals surface area contributed by atoms with E-state index in [1.165, 1.54) is 25.7 Å². The molecule has 0 radical (unpaired) electrons. The third-order valence-electron chi connectivity index (χ3n) is 3.49. The zero-order valence-electron chi connectivity index (χ0n) is 11.8. The smallest absolute Gasteiger partial charge is 0.323 e. The van der Waals surface area contributed by atoms with Crippen molar-refractivity contribution in [2.45, 2.75) is 39.5 Å². The van der Waals surface area contributed by atoms with Gasteiger partial charge in [0.25, 0.3) is 0 Å². The number of rotatable bonds is 5. The number of nitrogens with zero attached hydrogens (tertiary/aromatic N) is 4. The van der Waals surface area contributed by atoms with Crippen molar-refractivity contribution in [1.29, 1.82) is 0 Å². The molecule has 1 saturated heterocycles. The fraction of sp³-hybridized carbons (Fsp3) is 0.769. The third-order valence-corrected chi connectivity index (χ3v) is 3.49. The summed E-state index contributed by atoms with van der Waals surface area (Å²) in [6.07, 6.45) is 4.97. The highest BCUT2D eigenvalue weighted by Crippen LogP contribution is 2.24. The molecule has 0 aliphatic carbocycles. The van der Waals surface area contributed by atoms with E-state index in [2.05, 4.69) is 26.8 Å². The molecule has 0 spiro atoms. The average molecular weight is 265 g/mol. The summed E-state index contributed by atoms with van der Waals surface area (Å²) in [6, 6.07) is 0.320. The van der Waals surface area contributed by atoms with Gasteiger partial charge in [0, 0.05) is 13.1 Å². The Morgan fingerprint density at radius 1 is 1.21 bits per heavy atom. The first-order chi connectivity index (χ1) is 9.22. The summed E-state index contributed by atoms with van der Waals surface area (Å²) in [6.45, 7) is 6.64. The van der Waals surface area contributed by atoms with Crippen molar-refractivity contribution < 1.29 is 4.74 Å². The first-order valence-electron chi connectivity index (χ1n) is 7.12. The number of nitrogens with two attached hydrogens (primary N) is 1. The number of ether oxygens (including phenoxy) is 1. The van der Waals surface area contributed by atoms with Crippen LogP contribution in [0, 0.1) is 5.92 Å². The maximum atomic E-state index is 5.70. The molecule has 1 aromatic rings. The second kappa shape index (κ2) is 6.54. The van der Waals surface area contributed by atoms with Gasteiger partial charge in [-0.1, -0.05) is 19.8 Å². The van der Waals surface area contributed by atoms with Crippen LogP contribution in [-0.4, -0.2) is 34.6 Å². The lowest BCUT2D eigenvalue weighted by molar-refractivity contribution is 0.311. The Kier molecular flexibility index (Phi) is 4.76. The molecule has 0 amide bonds. The molecular formula is C13H23N5O. The summed E-state index contributed by atoms with van der Waals surface area (Å²) in [7, 11) is 0. The van der Waals surface area contributed by atoms with Crippen molar-refractivity contribution in [2.75, 3.05) is 30.3 Å². The van der Waals surface area contributed by atoms with Gasteiger partial charge in [-0.25, -0.2) is 0 Å². The van der Waals surface area contributed by atoms with Crippen LogP contribution in [0.25, 0.3) is 0 Å². The Morgan fingerprint density at radius 3 is 2.58 bits per heavy atom. The Morgan fingerprint density at radius 2 is 1.95 bits per heavy atom. The van der Waals surface area contributed by atoms with E-state index >= 15 is 0 Å². The van der Waals surface area contributed by atoms with Crippen LogP contribution in [0.4, 0.5) is 11.9 Å². The van der Waals surface area contributed by atoms with E-state index in [1.54, 1.807) is 0 Å². The second-order valence-electron chi connectivity index (χ2n) is 4.93. The molecule has 6 nitrogen and oxygen atoms in total. The molecule has 1 aliphatic heterocycles. The molecule has 6 heteroatoms. The number of anilines is 2. The summed E-state index contributed by atoms with van der Waals surface area (Å²) in [5, 5.41) is 0.